The van der Waals surface area contributed by atoms with Crippen LogP contribution in [-0.4, -0.2) is 48.0 Å². The summed E-state index contributed by atoms with van der Waals surface area (Å²) in [6.45, 7) is 3.15. The van der Waals surface area contributed by atoms with Crippen molar-refractivity contribution in [2.45, 2.75) is 25.3 Å². The van der Waals surface area contributed by atoms with Crippen LogP contribution in [0.1, 0.15) is 19.3 Å². The number of carbonyl (C=O) groups is 1. The average Bonchev–Trinajstić information content (AvgIpc) is 2.94. The van der Waals surface area contributed by atoms with Crippen LogP contribution in [0, 0.1) is 5.92 Å². The van der Waals surface area contributed by atoms with Gasteiger partial charge in [-0.3, -0.25) is 4.79 Å². The number of nitrogens with zero attached hydrogens (tertiary/aromatic N) is 3. The van der Waals surface area contributed by atoms with Crippen molar-refractivity contribution in [3.05, 3.63) is 23.4 Å². The SMILES string of the molecule is NC1CCC(C(=O)N2CCN(c3ccc(Cl)cn3)CC2)C1. The van der Waals surface area contributed by atoms with Crippen molar-refractivity contribution in [1.29, 1.82) is 0 Å². The number of aromatic nitrogens is 1. The van der Waals surface area contributed by atoms with E-state index in [-0.39, 0.29) is 17.9 Å². The van der Waals surface area contributed by atoms with E-state index in [9.17, 15) is 4.79 Å². The van der Waals surface area contributed by atoms with Gasteiger partial charge in [0.1, 0.15) is 5.82 Å². The summed E-state index contributed by atoms with van der Waals surface area (Å²) < 4.78 is 0. The van der Waals surface area contributed by atoms with Gasteiger partial charge in [0.25, 0.3) is 0 Å². The minimum absolute atomic E-state index is 0.139. The van der Waals surface area contributed by atoms with Gasteiger partial charge in [-0.25, -0.2) is 4.98 Å². The van der Waals surface area contributed by atoms with Crippen LogP contribution in [-0.2, 0) is 4.79 Å². The molecule has 2 aliphatic rings. The zero-order valence-corrected chi connectivity index (χ0v) is 12.8. The monoisotopic (exact) mass is 308 g/mol. The molecule has 0 bridgehead atoms. The predicted molar refractivity (Wildman–Crippen MR) is 83.4 cm³/mol. The van der Waals surface area contributed by atoms with Gasteiger partial charge in [0, 0.05) is 44.3 Å². The Balaban J connectivity index is 1.55. The average molecular weight is 309 g/mol. The lowest BCUT2D eigenvalue weighted by molar-refractivity contribution is -0.135. The first-order valence-corrected chi connectivity index (χ1v) is 7.92. The molecule has 1 saturated heterocycles. The first kappa shape index (κ1) is 14.6. The molecular weight excluding hydrogens is 288 g/mol. The van der Waals surface area contributed by atoms with E-state index in [0.29, 0.717) is 5.02 Å². The summed E-state index contributed by atoms with van der Waals surface area (Å²) >= 11 is 5.86. The van der Waals surface area contributed by atoms with Gasteiger partial charge in [-0.1, -0.05) is 11.6 Å². The van der Waals surface area contributed by atoms with Crippen LogP contribution in [0.25, 0.3) is 0 Å². The molecular formula is C15H21ClN4O. The third kappa shape index (κ3) is 3.30. The zero-order valence-electron chi connectivity index (χ0n) is 12.0. The Morgan fingerprint density at radius 3 is 2.57 bits per heavy atom. The first-order chi connectivity index (χ1) is 10.1. The summed E-state index contributed by atoms with van der Waals surface area (Å²) in [5, 5.41) is 0.644. The van der Waals surface area contributed by atoms with Gasteiger partial charge in [0.15, 0.2) is 0 Å². The Labute approximate surface area is 130 Å². The molecule has 1 amide bonds. The highest BCUT2D eigenvalue weighted by Gasteiger charge is 2.32. The van der Waals surface area contributed by atoms with Crippen molar-refractivity contribution < 1.29 is 4.79 Å². The summed E-state index contributed by atoms with van der Waals surface area (Å²) in [6, 6.07) is 3.98. The van der Waals surface area contributed by atoms with E-state index in [1.165, 1.54) is 0 Å². The van der Waals surface area contributed by atoms with Gasteiger partial charge in [-0.05, 0) is 31.4 Å². The Morgan fingerprint density at radius 1 is 1.24 bits per heavy atom. The van der Waals surface area contributed by atoms with E-state index in [1.54, 1.807) is 6.20 Å². The quantitative estimate of drug-likeness (QED) is 0.899. The maximum absolute atomic E-state index is 12.5. The van der Waals surface area contributed by atoms with Crippen LogP contribution in [0.5, 0.6) is 0 Å². The van der Waals surface area contributed by atoms with E-state index in [1.807, 2.05) is 17.0 Å². The molecule has 1 aromatic heterocycles. The molecule has 6 heteroatoms. The van der Waals surface area contributed by atoms with E-state index >= 15 is 0 Å². The van der Waals surface area contributed by atoms with Crippen LogP contribution < -0.4 is 10.6 Å². The van der Waals surface area contributed by atoms with Gasteiger partial charge < -0.3 is 15.5 Å². The van der Waals surface area contributed by atoms with E-state index in [4.69, 9.17) is 17.3 Å². The van der Waals surface area contributed by atoms with Gasteiger partial charge in [-0.15, -0.1) is 0 Å². The van der Waals surface area contributed by atoms with E-state index in [0.717, 1.165) is 51.3 Å². The Kier molecular flexibility index (Phi) is 4.31. The fraction of sp³-hybridized carbons (Fsp3) is 0.600. The van der Waals surface area contributed by atoms with Crippen LogP contribution in [0.3, 0.4) is 0 Å². The summed E-state index contributed by atoms with van der Waals surface area (Å²) in [7, 11) is 0. The maximum atomic E-state index is 12.5. The highest BCUT2D eigenvalue weighted by molar-refractivity contribution is 6.30. The topological polar surface area (TPSA) is 62.5 Å². The molecule has 21 heavy (non-hydrogen) atoms. The second-order valence-corrected chi connectivity index (χ2v) is 6.35. The zero-order chi connectivity index (χ0) is 14.8. The van der Waals surface area contributed by atoms with Crippen molar-refractivity contribution >= 4 is 23.3 Å². The van der Waals surface area contributed by atoms with Crippen LogP contribution in [0.2, 0.25) is 5.02 Å². The Morgan fingerprint density at radius 2 is 2.00 bits per heavy atom. The van der Waals surface area contributed by atoms with Gasteiger partial charge in [0.2, 0.25) is 5.91 Å². The number of carbonyl (C=O) groups excluding carboxylic acids is 1. The van der Waals surface area contributed by atoms with Crippen LogP contribution >= 0.6 is 11.6 Å². The molecule has 2 unspecified atom stereocenters. The third-order valence-corrected chi connectivity index (χ3v) is 4.67. The van der Waals surface area contributed by atoms with Crippen molar-refractivity contribution in [2.24, 2.45) is 11.7 Å². The molecule has 1 saturated carbocycles. The van der Waals surface area contributed by atoms with E-state index in [2.05, 4.69) is 9.88 Å². The van der Waals surface area contributed by atoms with Crippen molar-refractivity contribution in [2.75, 3.05) is 31.1 Å². The van der Waals surface area contributed by atoms with Gasteiger partial charge in [-0.2, -0.15) is 0 Å². The molecule has 2 atom stereocenters. The normalized spacial score (nSPS) is 26.2. The highest BCUT2D eigenvalue weighted by Crippen LogP contribution is 2.26. The molecule has 3 rings (SSSR count). The number of rotatable bonds is 2. The van der Waals surface area contributed by atoms with Gasteiger partial charge in [0.05, 0.1) is 5.02 Å². The lowest BCUT2D eigenvalue weighted by Crippen LogP contribution is -2.50. The summed E-state index contributed by atoms with van der Waals surface area (Å²) in [5.41, 5.74) is 5.90. The number of nitrogens with two attached hydrogens (primary N) is 1. The maximum Gasteiger partial charge on any atom is 0.225 e. The van der Waals surface area contributed by atoms with Crippen molar-refractivity contribution in [3.8, 4) is 0 Å². The van der Waals surface area contributed by atoms with Gasteiger partial charge >= 0.3 is 0 Å². The second kappa shape index (κ2) is 6.20. The summed E-state index contributed by atoms with van der Waals surface area (Å²) in [6.07, 6.45) is 4.43. The summed E-state index contributed by atoms with van der Waals surface area (Å²) in [5.74, 6) is 1.35. The largest absolute Gasteiger partial charge is 0.353 e. The number of anilines is 1. The summed E-state index contributed by atoms with van der Waals surface area (Å²) in [4.78, 5) is 21.0. The van der Waals surface area contributed by atoms with E-state index < -0.39 is 0 Å². The number of hydrogen-bond acceptors (Lipinski definition) is 4. The molecule has 1 aliphatic carbocycles. The molecule has 5 nitrogen and oxygen atoms in total. The lowest BCUT2D eigenvalue weighted by atomic mass is 10.1. The number of piperazine rings is 1. The Bertz CT molecular complexity index is 499. The standard InChI is InChI=1S/C15H21ClN4O/c16-12-2-4-14(18-10-12)19-5-7-20(8-6-19)15(21)11-1-3-13(17)9-11/h2,4,10-11,13H,1,3,5-9,17H2. The fourth-order valence-electron chi connectivity index (χ4n) is 3.21. The molecule has 1 aromatic rings. The molecule has 0 radical (unpaired) electrons. The van der Waals surface area contributed by atoms with Crippen molar-refractivity contribution in [1.82, 2.24) is 9.88 Å². The molecule has 0 aromatic carbocycles. The minimum atomic E-state index is 0.139. The molecule has 2 fully saturated rings. The molecule has 2 N–H and O–H groups in total. The lowest BCUT2D eigenvalue weighted by Gasteiger charge is -2.36. The number of pyridine rings is 1. The molecule has 2 heterocycles. The number of halogens is 1. The van der Waals surface area contributed by atoms with Crippen LogP contribution in [0.15, 0.2) is 18.3 Å². The predicted octanol–water partition coefficient (Wildman–Crippen LogP) is 1.51. The van der Waals surface area contributed by atoms with Crippen molar-refractivity contribution in [3.63, 3.8) is 0 Å². The highest BCUT2D eigenvalue weighted by atomic mass is 35.5. The minimum Gasteiger partial charge on any atom is -0.353 e. The smallest absolute Gasteiger partial charge is 0.225 e. The number of amides is 1. The second-order valence-electron chi connectivity index (χ2n) is 5.92. The fourth-order valence-corrected chi connectivity index (χ4v) is 3.32. The Hall–Kier alpha value is -1.33. The molecule has 114 valence electrons. The van der Waals surface area contributed by atoms with Crippen LogP contribution in [0.4, 0.5) is 5.82 Å². The molecule has 1 aliphatic heterocycles. The molecule has 0 spiro atoms. The third-order valence-electron chi connectivity index (χ3n) is 4.45. The number of hydrogen-bond donors (Lipinski definition) is 1. The first-order valence-electron chi connectivity index (χ1n) is 7.54.